The van der Waals surface area contributed by atoms with Gasteiger partial charge in [-0.3, -0.25) is 9.69 Å². The number of carbonyl (C=O) groups is 1. The van der Waals surface area contributed by atoms with Crippen molar-refractivity contribution in [3.63, 3.8) is 0 Å². The molecule has 1 amide bonds. The Bertz CT molecular complexity index is 681. The highest BCUT2D eigenvalue weighted by atomic mass is 79.9. The Morgan fingerprint density at radius 3 is 2.81 bits per heavy atom. The number of halogens is 1. The Kier molecular flexibility index (Phi) is 4.15. The van der Waals surface area contributed by atoms with Gasteiger partial charge >= 0.3 is 0 Å². The lowest BCUT2D eigenvalue weighted by Gasteiger charge is -2.19. The third-order valence-electron chi connectivity index (χ3n) is 3.81. The fourth-order valence-corrected chi connectivity index (χ4v) is 4.01. The molecule has 2 heterocycles. The first-order valence-electron chi connectivity index (χ1n) is 6.95. The molecule has 3 rings (SSSR count). The molecule has 1 N–H and O–H groups in total. The van der Waals surface area contributed by atoms with Crippen molar-refractivity contribution >= 4 is 38.9 Å². The van der Waals surface area contributed by atoms with Gasteiger partial charge in [0.15, 0.2) is 0 Å². The summed E-state index contributed by atoms with van der Waals surface area (Å²) < 4.78 is 0.849. The third-order valence-corrected chi connectivity index (χ3v) is 5.65. The van der Waals surface area contributed by atoms with Crippen LogP contribution in [0, 0.1) is 0 Å². The van der Waals surface area contributed by atoms with Crippen molar-refractivity contribution in [2.24, 2.45) is 0 Å². The van der Waals surface area contributed by atoms with Crippen molar-refractivity contribution < 1.29 is 4.79 Å². The highest BCUT2D eigenvalue weighted by molar-refractivity contribution is 9.10. The number of nitrogens with zero attached hydrogens (tertiary/aromatic N) is 1. The Hall–Kier alpha value is -1.17. The number of anilines is 1. The predicted octanol–water partition coefficient (Wildman–Crippen LogP) is 4.49. The highest BCUT2D eigenvalue weighted by Gasteiger charge is 2.24. The number of hydrogen-bond acceptors (Lipinski definition) is 3. The average Bonchev–Trinajstić information content (AvgIpc) is 3.05. The molecule has 1 aromatic carbocycles. The average molecular weight is 365 g/mol. The molecule has 0 fully saturated rings. The number of amides is 1. The van der Waals surface area contributed by atoms with E-state index in [2.05, 4.69) is 46.1 Å². The van der Waals surface area contributed by atoms with Crippen LogP contribution < -0.4 is 5.32 Å². The molecule has 0 saturated heterocycles. The molecule has 0 saturated carbocycles. The molecule has 1 aliphatic rings. The van der Waals surface area contributed by atoms with Crippen LogP contribution in [0.1, 0.15) is 34.6 Å². The molecule has 0 unspecified atom stereocenters. The molecule has 1 aliphatic heterocycles. The summed E-state index contributed by atoms with van der Waals surface area (Å²) in [6.45, 7) is 6.26. The van der Waals surface area contributed by atoms with Gasteiger partial charge in [0.2, 0.25) is 0 Å². The fourth-order valence-electron chi connectivity index (χ4n) is 2.56. The van der Waals surface area contributed by atoms with E-state index in [1.807, 2.05) is 23.6 Å². The second kappa shape index (κ2) is 5.91. The molecule has 3 nitrogen and oxygen atoms in total. The smallest absolute Gasteiger partial charge is 0.266 e. The van der Waals surface area contributed by atoms with Crippen LogP contribution in [0.5, 0.6) is 0 Å². The number of nitrogens with one attached hydrogen (secondary N) is 1. The van der Waals surface area contributed by atoms with E-state index >= 15 is 0 Å². The van der Waals surface area contributed by atoms with Crippen LogP contribution in [0.2, 0.25) is 0 Å². The topological polar surface area (TPSA) is 32.3 Å². The van der Waals surface area contributed by atoms with Gasteiger partial charge in [-0.25, -0.2) is 0 Å². The van der Waals surface area contributed by atoms with Crippen molar-refractivity contribution in [1.29, 1.82) is 0 Å². The Morgan fingerprint density at radius 2 is 2.14 bits per heavy atom. The fraction of sp³-hybridized carbons (Fsp3) is 0.312. The first kappa shape index (κ1) is 14.8. The van der Waals surface area contributed by atoms with E-state index in [0.29, 0.717) is 10.9 Å². The summed E-state index contributed by atoms with van der Waals surface area (Å²) in [6, 6.07) is 8.56. The third kappa shape index (κ3) is 2.91. The summed E-state index contributed by atoms with van der Waals surface area (Å²) in [4.78, 5) is 15.5. The zero-order valence-electron chi connectivity index (χ0n) is 12.0. The molecule has 0 aliphatic carbocycles. The number of fused-ring (bicyclic) bond motifs is 1. The standard InChI is InChI=1S/C16H17BrN2OS/c1-10(2)19-8-11-4-3-5-14(12(11)9-19)18-16(20)15-13(17)6-7-21-15/h3-7,10H,8-9H2,1-2H3,(H,18,20). The van der Waals surface area contributed by atoms with Crippen molar-refractivity contribution in [2.75, 3.05) is 5.32 Å². The predicted molar refractivity (Wildman–Crippen MR) is 90.8 cm³/mol. The lowest BCUT2D eigenvalue weighted by atomic mass is 10.1. The second-order valence-electron chi connectivity index (χ2n) is 5.49. The molecule has 0 radical (unpaired) electrons. The summed E-state index contributed by atoms with van der Waals surface area (Å²) in [7, 11) is 0. The maximum Gasteiger partial charge on any atom is 0.266 e. The maximum atomic E-state index is 12.4. The van der Waals surface area contributed by atoms with Gasteiger partial charge in [-0.2, -0.15) is 0 Å². The molecular weight excluding hydrogens is 348 g/mol. The minimum atomic E-state index is -0.0479. The monoisotopic (exact) mass is 364 g/mol. The van der Waals surface area contributed by atoms with Gasteiger partial charge in [0.1, 0.15) is 4.88 Å². The molecule has 21 heavy (non-hydrogen) atoms. The SMILES string of the molecule is CC(C)N1Cc2cccc(NC(=O)c3sccc3Br)c2C1. The van der Waals surface area contributed by atoms with Crippen LogP contribution in [-0.2, 0) is 13.1 Å². The lowest BCUT2D eigenvalue weighted by molar-refractivity contribution is 0.103. The van der Waals surface area contributed by atoms with Crippen LogP contribution in [0.4, 0.5) is 5.69 Å². The lowest BCUT2D eigenvalue weighted by Crippen LogP contribution is -2.24. The van der Waals surface area contributed by atoms with E-state index in [1.54, 1.807) is 0 Å². The van der Waals surface area contributed by atoms with Crippen LogP contribution in [0.15, 0.2) is 34.1 Å². The number of hydrogen-bond donors (Lipinski definition) is 1. The minimum Gasteiger partial charge on any atom is -0.321 e. The van der Waals surface area contributed by atoms with Crippen LogP contribution in [-0.4, -0.2) is 16.8 Å². The Morgan fingerprint density at radius 1 is 1.33 bits per heavy atom. The summed E-state index contributed by atoms with van der Waals surface area (Å²) in [5.74, 6) is -0.0479. The first-order chi connectivity index (χ1) is 10.1. The molecular formula is C16H17BrN2OS. The first-order valence-corrected chi connectivity index (χ1v) is 8.62. The summed E-state index contributed by atoms with van der Waals surface area (Å²) in [6.07, 6.45) is 0. The number of thiophene rings is 1. The zero-order chi connectivity index (χ0) is 15.0. The van der Waals surface area contributed by atoms with E-state index in [9.17, 15) is 4.79 Å². The van der Waals surface area contributed by atoms with E-state index in [4.69, 9.17) is 0 Å². The number of rotatable bonds is 3. The molecule has 2 aromatic rings. The van der Waals surface area contributed by atoms with E-state index < -0.39 is 0 Å². The van der Waals surface area contributed by atoms with Crippen molar-refractivity contribution in [2.45, 2.75) is 33.0 Å². The largest absolute Gasteiger partial charge is 0.321 e. The van der Waals surface area contributed by atoms with E-state index in [1.165, 1.54) is 22.5 Å². The van der Waals surface area contributed by atoms with Crippen LogP contribution in [0.3, 0.4) is 0 Å². The van der Waals surface area contributed by atoms with Crippen molar-refractivity contribution in [3.8, 4) is 0 Å². The van der Waals surface area contributed by atoms with E-state index in [0.717, 1.165) is 23.2 Å². The maximum absolute atomic E-state index is 12.4. The molecule has 0 atom stereocenters. The normalized spacial score (nSPS) is 14.5. The zero-order valence-corrected chi connectivity index (χ0v) is 14.4. The molecule has 0 spiro atoms. The summed E-state index contributed by atoms with van der Waals surface area (Å²) in [5.41, 5.74) is 3.49. The van der Waals surface area contributed by atoms with Gasteiger partial charge in [-0.05, 0) is 58.4 Å². The van der Waals surface area contributed by atoms with Gasteiger partial charge in [-0.15, -0.1) is 11.3 Å². The second-order valence-corrected chi connectivity index (χ2v) is 7.26. The quantitative estimate of drug-likeness (QED) is 0.870. The number of benzene rings is 1. The van der Waals surface area contributed by atoms with Crippen LogP contribution in [0.25, 0.3) is 0 Å². The van der Waals surface area contributed by atoms with Gasteiger partial charge in [0.05, 0.1) is 0 Å². The number of carbonyl (C=O) groups excluding carboxylic acids is 1. The molecule has 110 valence electrons. The van der Waals surface area contributed by atoms with Gasteiger partial charge in [-0.1, -0.05) is 12.1 Å². The molecule has 5 heteroatoms. The Labute approximate surface area is 137 Å². The molecule has 0 bridgehead atoms. The van der Waals surface area contributed by atoms with Gasteiger partial charge in [0, 0.05) is 29.3 Å². The van der Waals surface area contributed by atoms with Gasteiger partial charge < -0.3 is 5.32 Å². The van der Waals surface area contributed by atoms with Crippen LogP contribution >= 0.6 is 27.3 Å². The van der Waals surface area contributed by atoms with Crippen molar-refractivity contribution in [1.82, 2.24) is 4.90 Å². The highest BCUT2D eigenvalue weighted by Crippen LogP contribution is 2.31. The summed E-state index contributed by atoms with van der Waals surface area (Å²) in [5, 5.41) is 4.97. The summed E-state index contributed by atoms with van der Waals surface area (Å²) >= 11 is 4.86. The Balaban J connectivity index is 1.84. The molecule has 1 aromatic heterocycles. The van der Waals surface area contributed by atoms with Crippen molar-refractivity contribution in [3.05, 3.63) is 50.1 Å². The minimum absolute atomic E-state index is 0.0479. The van der Waals surface area contributed by atoms with Gasteiger partial charge in [0.25, 0.3) is 5.91 Å². The van der Waals surface area contributed by atoms with E-state index in [-0.39, 0.29) is 5.91 Å².